The smallest absolute Gasteiger partial charge is 0.314 e. The molecule has 0 bridgehead atoms. The van der Waals surface area contributed by atoms with E-state index in [-0.39, 0.29) is 10.6 Å². The molecule has 6 heteroatoms. The van der Waals surface area contributed by atoms with Crippen molar-refractivity contribution in [1.82, 2.24) is 4.98 Å². The van der Waals surface area contributed by atoms with Crippen LogP contribution in [-0.4, -0.2) is 27.5 Å². The van der Waals surface area contributed by atoms with Gasteiger partial charge in [-0.1, -0.05) is 6.42 Å². The molecule has 1 atom stereocenters. The molecule has 1 unspecified atom stereocenters. The third kappa shape index (κ3) is 3.13. The summed E-state index contributed by atoms with van der Waals surface area (Å²) in [6.07, 6.45) is 5.32. The highest BCUT2D eigenvalue weighted by Crippen LogP contribution is 2.28. The molecular weight excluding hydrogens is 250 g/mol. The fourth-order valence-corrected chi connectivity index (χ4v) is 3.33. The van der Waals surface area contributed by atoms with E-state index in [1.54, 1.807) is 19.2 Å². The predicted octanol–water partition coefficient (Wildman–Crippen LogP) is 3.00. The highest BCUT2D eigenvalue weighted by atomic mass is 32.2. The Kier molecular flexibility index (Phi) is 4.41. The number of nitrogens with zero attached hydrogens (tertiary/aromatic N) is 2. The maximum Gasteiger partial charge on any atom is 0.314 e. The van der Waals surface area contributed by atoms with Crippen LogP contribution in [0.1, 0.15) is 24.8 Å². The quantitative estimate of drug-likeness (QED) is 0.671. The summed E-state index contributed by atoms with van der Waals surface area (Å²) in [7, 11) is 0. The van der Waals surface area contributed by atoms with Crippen molar-refractivity contribution in [2.45, 2.75) is 31.4 Å². The number of thioether (sulfide) groups is 1. The maximum absolute atomic E-state index is 11.0. The first-order valence-electron chi connectivity index (χ1n) is 6.14. The van der Waals surface area contributed by atoms with Crippen LogP contribution in [0.2, 0.25) is 0 Å². The van der Waals surface area contributed by atoms with Crippen LogP contribution < -0.4 is 5.32 Å². The molecule has 0 amide bonds. The number of rotatable bonds is 4. The molecule has 0 spiro atoms. The second-order valence-corrected chi connectivity index (χ2v) is 5.86. The molecule has 1 aromatic rings. The Morgan fingerprint density at radius 3 is 3.11 bits per heavy atom. The van der Waals surface area contributed by atoms with Crippen LogP contribution in [0.3, 0.4) is 0 Å². The van der Waals surface area contributed by atoms with Gasteiger partial charge in [-0.2, -0.15) is 11.8 Å². The molecular formula is C12H17N3O2S. The summed E-state index contributed by atoms with van der Waals surface area (Å²) in [6, 6.07) is 1.67. The van der Waals surface area contributed by atoms with Crippen molar-refractivity contribution < 1.29 is 4.92 Å². The molecule has 0 radical (unpaired) electrons. The fraction of sp³-hybridized carbons (Fsp3) is 0.583. The lowest BCUT2D eigenvalue weighted by molar-refractivity contribution is -0.384. The highest BCUT2D eigenvalue weighted by molar-refractivity contribution is 7.99. The molecule has 0 aliphatic carbocycles. The zero-order valence-electron chi connectivity index (χ0n) is 10.4. The van der Waals surface area contributed by atoms with Crippen LogP contribution in [0.4, 0.5) is 11.5 Å². The Morgan fingerprint density at radius 2 is 2.44 bits per heavy atom. The van der Waals surface area contributed by atoms with Crippen molar-refractivity contribution in [3.8, 4) is 0 Å². The van der Waals surface area contributed by atoms with Crippen LogP contribution in [-0.2, 0) is 0 Å². The van der Waals surface area contributed by atoms with E-state index >= 15 is 0 Å². The van der Waals surface area contributed by atoms with Gasteiger partial charge in [0.1, 0.15) is 0 Å². The van der Waals surface area contributed by atoms with E-state index in [9.17, 15) is 10.1 Å². The monoisotopic (exact) mass is 267 g/mol. The fourth-order valence-electron chi connectivity index (χ4n) is 2.09. The van der Waals surface area contributed by atoms with E-state index in [1.807, 2.05) is 11.8 Å². The van der Waals surface area contributed by atoms with Crippen molar-refractivity contribution in [3.05, 3.63) is 27.9 Å². The van der Waals surface area contributed by atoms with Crippen LogP contribution >= 0.6 is 11.8 Å². The summed E-state index contributed by atoms with van der Waals surface area (Å²) in [6.45, 7) is 2.49. The van der Waals surface area contributed by atoms with Gasteiger partial charge >= 0.3 is 5.69 Å². The molecule has 0 aromatic carbocycles. The largest absolute Gasteiger partial charge is 0.363 e. The molecule has 98 valence electrons. The molecule has 5 nitrogen and oxygen atoms in total. The Labute approximate surface area is 111 Å². The van der Waals surface area contributed by atoms with E-state index in [4.69, 9.17) is 0 Å². The van der Waals surface area contributed by atoms with Crippen molar-refractivity contribution in [1.29, 1.82) is 0 Å². The minimum atomic E-state index is -0.362. The molecule has 18 heavy (non-hydrogen) atoms. The summed E-state index contributed by atoms with van der Waals surface area (Å²) in [4.78, 5) is 14.7. The van der Waals surface area contributed by atoms with Gasteiger partial charge in [-0.15, -0.1) is 0 Å². The molecule has 1 fully saturated rings. The average Bonchev–Trinajstić information content (AvgIpc) is 2.37. The number of aromatic nitrogens is 1. The van der Waals surface area contributed by atoms with E-state index < -0.39 is 0 Å². The summed E-state index contributed by atoms with van der Waals surface area (Å²) in [5, 5.41) is 14.7. The number of anilines is 1. The van der Waals surface area contributed by atoms with Crippen molar-refractivity contribution in [3.63, 3.8) is 0 Å². The molecule has 0 saturated carbocycles. The molecule has 2 heterocycles. The lowest BCUT2D eigenvalue weighted by Crippen LogP contribution is -2.21. The van der Waals surface area contributed by atoms with Gasteiger partial charge in [0.05, 0.1) is 4.92 Å². The van der Waals surface area contributed by atoms with Gasteiger partial charge in [-0.3, -0.25) is 10.1 Å². The van der Waals surface area contributed by atoms with Crippen LogP contribution in [0.5, 0.6) is 0 Å². The Bertz CT molecular complexity index is 433. The molecule has 1 aromatic heterocycles. The maximum atomic E-state index is 11.0. The standard InChI is InChI=1S/C12H17N3O2S/c1-9-5-6-13-12(11(9)15(16)17)14-8-10-4-2-3-7-18-10/h5-6,10H,2-4,7-8H2,1H3,(H,13,14). The zero-order valence-corrected chi connectivity index (χ0v) is 11.2. The molecule has 1 aliphatic rings. The van der Waals surface area contributed by atoms with Crippen LogP contribution in [0, 0.1) is 17.0 Å². The Hall–Kier alpha value is -1.30. The first kappa shape index (κ1) is 13.1. The SMILES string of the molecule is Cc1ccnc(NCC2CCCCS2)c1[N+](=O)[O-]. The number of hydrogen-bond donors (Lipinski definition) is 1. The number of aryl methyl sites for hydroxylation is 1. The topological polar surface area (TPSA) is 68.1 Å². The Balaban J connectivity index is 2.04. The summed E-state index contributed by atoms with van der Waals surface area (Å²) < 4.78 is 0. The van der Waals surface area contributed by atoms with Gasteiger partial charge in [0.2, 0.25) is 5.82 Å². The van der Waals surface area contributed by atoms with Gasteiger partial charge < -0.3 is 5.32 Å². The lowest BCUT2D eigenvalue weighted by Gasteiger charge is -2.21. The third-order valence-electron chi connectivity index (χ3n) is 3.08. The highest BCUT2D eigenvalue weighted by Gasteiger charge is 2.20. The minimum absolute atomic E-state index is 0.0957. The van der Waals surface area contributed by atoms with E-state index in [2.05, 4.69) is 10.3 Å². The summed E-state index contributed by atoms with van der Waals surface area (Å²) in [5.41, 5.74) is 0.743. The molecule has 2 rings (SSSR count). The van der Waals surface area contributed by atoms with E-state index in [0.29, 0.717) is 16.6 Å². The summed E-state index contributed by atoms with van der Waals surface area (Å²) >= 11 is 1.94. The van der Waals surface area contributed by atoms with Gasteiger partial charge in [-0.25, -0.2) is 4.98 Å². The molecule has 1 N–H and O–H groups in total. The second-order valence-electron chi connectivity index (χ2n) is 4.45. The Morgan fingerprint density at radius 1 is 1.61 bits per heavy atom. The first-order chi connectivity index (χ1) is 8.68. The van der Waals surface area contributed by atoms with E-state index in [0.717, 1.165) is 6.54 Å². The van der Waals surface area contributed by atoms with Gasteiger partial charge in [0.15, 0.2) is 0 Å². The van der Waals surface area contributed by atoms with Gasteiger partial charge in [0.25, 0.3) is 0 Å². The van der Waals surface area contributed by atoms with Gasteiger partial charge in [0, 0.05) is 23.6 Å². The normalized spacial score (nSPS) is 19.5. The molecule has 1 saturated heterocycles. The van der Waals surface area contributed by atoms with Crippen LogP contribution in [0.25, 0.3) is 0 Å². The van der Waals surface area contributed by atoms with Crippen LogP contribution in [0.15, 0.2) is 12.3 Å². The predicted molar refractivity (Wildman–Crippen MR) is 74.2 cm³/mol. The minimum Gasteiger partial charge on any atom is -0.363 e. The number of nitrogens with one attached hydrogen (secondary N) is 1. The van der Waals surface area contributed by atoms with Crippen molar-refractivity contribution in [2.24, 2.45) is 0 Å². The number of pyridine rings is 1. The average molecular weight is 267 g/mol. The van der Waals surface area contributed by atoms with Gasteiger partial charge in [-0.05, 0) is 31.6 Å². The first-order valence-corrected chi connectivity index (χ1v) is 7.19. The zero-order chi connectivity index (χ0) is 13.0. The summed E-state index contributed by atoms with van der Waals surface area (Å²) in [5.74, 6) is 1.58. The lowest BCUT2D eigenvalue weighted by atomic mass is 10.2. The van der Waals surface area contributed by atoms with E-state index in [1.165, 1.54) is 25.0 Å². The second kappa shape index (κ2) is 6.04. The number of nitro groups is 1. The third-order valence-corrected chi connectivity index (χ3v) is 4.48. The van der Waals surface area contributed by atoms with Crippen molar-refractivity contribution >= 4 is 23.3 Å². The van der Waals surface area contributed by atoms with Crippen molar-refractivity contribution in [2.75, 3.05) is 17.6 Å². The number of hydrogen-bond acceptors (Lipinski definition) is 5. The molecule has 1 aliphatic heterocycles.